The quantitative estimate of drug-likeness (QED) is 0.676. The highest BCUT2D eigenvalue weighted by atomic mass is 15.3. The Labute approximate surface area is 117 Å². The van der Waals surface area contributed by atoms with Crippen molar-refractivity contribution in [1.29, 1.82) is 5.26 Å². The molecule has 0 spiro atoms. The standard InChI is InChI=1S/C16H14N4/c1-10-4-5-11(2)13(8-10)14-6-7-16-18-12(3)15(9-17)20(16)19-14/h4-8H,1-3H3. The van der Waals surface area contributed by atoms with Gasteiger partial charge in [-0.15, -0.1) is 0 Å². The largest absolute Gasteiger partial charge is 0.231 e. The Balaban J connectivity index is 2.28. The van der Waals surface area contributed by atoms with E-state index in [1.807, 2.05) is 19.1 Å². The minimum absolute atomic E-state index is 0.493. The minimum atomic E-state index is 0.493. The Bertz CT molecular complexity index is 853. The topological polar surface area (TPSA) is 54.0 Å². The van der Waals surface area contributed by atoms with E-state index in [-0.39, 0.29) is 0 Å². The van der Waals surface area contributed by atoms with E-state index in [0.29, 0.717) is 17.0 Å². The van der Waals surface area contributed by atoms with Gasteiger partial charge in [0, 0.05) is 5.56 Å². The van der Waals surface area contributed by atoms with Gasteiger partial charge in [-0.1, -0.05) is 17.7 Å². The molecule has 3 rings (SSSR count). The van der Waals surface area contributed by atoms with Gasteiger partial charge in [-0.2, -0.15) is 10.4 Å². The van der Waals surface area contributed by atoms with Crippen LogP contribution in [-0.2, 0) is 0 Å². The van der Waals surface area contributed by atoms with Gasteiger partial charge in [0.25, 0.3) is 0 Å². The molecule has 0 bridgehead atoms. The van der Waals surface area contributed by atoms with Crippen LogP contribution in [0.2, 0.25) is 0 Å². The predicted molar refractivity (Wildman–Crippen MR) is 77.3 cm³/mol. The zero-order chi connectivity index (χ0) is 14.3. The molecular formula is C16H14N4. The molecule has 0 aliphatic rings. The van der Waals surface area contributed by atoms with E-state index in [9.17, 15) is 5.26 Å². The first-order valence-electron chi connectivity index (χ1n) is 6.44. The average molecular weight is 262 g/mol. The van der Waals surface area contributed by atoms with Crippen LogP contribution >= 0.6 is 0 Å². The fourth-order valence-corrected chi connectivity index (χ4v) is 2.33. The van der Waals surface area contributed by atoms with E-state index in [2.05, 4.69) is 48.2 Å². The SMILES string of the molecule is Cc1ccc(C)c(-c2ccc3nc(C)c(C#N)n3n2)c1. The molecule has 0 N–H and O–H groups in total. The number of rotatable bonds is 1. The molecule has 0 atom stereocenters. The molecule has 98 valence electrons. The zero-order valence-corrected chi connectivity index (χ0v) is 11.7. The lowest BCUT2D eigenvalue weighted by atomic mass is 10.0. The number of hydrogen-bond donors (Lipinski definition) is 0. The zero-order valence-electron chi connectivity index (χ0n) is 11.7. The van der Waals surface area contributed by atoms with E-state index in [0.717, 1.165) is 16.8 Å². The third-order valence-corrected chi connectivity index (χ3v) is 3.43. The molecular weight excluding hydrogens is 248 g/mol. The molecule has 4 heteroatoms. The van der Waals surface area contributed by atoms with Gasteiger partial charge >= 0.3 is 0 Å². The van der Waals surface area contributed by atoms with Gasteiger partial charge in [-0.05, 0) is 44.5 Å². The molecule has 4 nitrogen and oxygen atoms in total. The van der Waals surface area contributed by atoms with Crippen LogP contribution in [0, 0.1) is 32.1 Å². The molecule has 2 heterocycles. The van der Waals surface area contributed by atoms with Gasteiger partial charge in [-0.25, -0.2) is 9.50 Å². The number of nitriles is 1. The van der Waals surface area contributed by atoms with Crippen molar-refractivity contribution in [2.75, 3.05) is 0 Å². The second-order valence-electron chi connectivity index (χ2n) is 4.96. The smallest absolute Gasteiger partial charge is 0.165 e. The van der Waals surface area contributed by atoms with Crippen LogP contribution in [0.1, 0.15) is 22.5 Å². The third-order valence-electron chi connectivity index (χ3n) is 3.43. The molecule has 2 aromatic heterocycles. The molecule has 0 saturated carbocycles. The van der Waals surface area contributed by atoms with Crippen molar-refractivity contribution in [2.45, 2.75) is 20.8 Å². The van der Waals surface area contributed by atoms with Gasteiger partial charge in [0.1, 0.15) is 6.07 Å². The van der Waals surface area contributed by atoms with Gasteiger partial charge in [0.15, 0.2) is 11.3 Å². The minimum Gasteiger partial charge on any atom is -0.231 e. The number of hydrogen-bond acceptors (Lipinski definition) is 3. The molecule has 0 amide bonds. The van der Waals surface area contributed by atoms with Gasteiger partial charge in [0.2, 0.25) is 0 Å². The number of aryl methyl sites for hydroxylation is 3. The van der Waals surface area contributed by atoms with E-state index in [1.54, 1.807) is 4.52 Å². The highest BCUT2D eigenvalue weighted by molar-refractivity contribution is 5.65. The number of aromatic nitrogens is 3. The van der Waals surface area contributed by atoms with Crippen LogP contribution in [-0.4, -0.2) is 14.6 Å². The summed E-state index contributed by atoms with van der Waals surface area (Å²) >= 11 is 0. The van der Waals surface area contributed by atoms with Crippen molar-refractivity contribution >= 4 is 5.65 Å². The van der Waals surface area contributed by atoms with E-state index in [4.69, 9.17) is 0 Å². The predicted octanol–water partition coefficient (Wildman–Crippen LogP) is 3.19. The molecule has 0 radical (unpaired) electrons. The maximum atomic E-state index is 9.21. The average Bonchev–Trinajstić information content (AvgIpc) is 2.75. The third kappa shape index (κ3) is 1.84. The Morgan fingerprint density at radius 1 is 1.10 bits per heavy atom. The van der Waals surface area contributed by atoms with Gasteiger partial charge in [-0.3, -0.25) is 0 Å². The maximum absolute atomic E-state index is 9.21. The summed E-state index contributed by atoms with van der Waals surface area (Å²) in [6, 6.07) is 12.3. The fraction of sp³-hybridized carbons (Fsp3) is 0.188. The number of benzene rings is 1. The number of nitrogens with zero attached hydrogens (tertiary/aromatic N) is 4. The molecule has 3 aromatic rings. The summed E-state index contributed by atoms with van der Waals surface area (Å²) in [5.74, 6) is 0. The van der Waals surface area contributed by atoms with Crippen molar-refractivity contribution in [3.05, 3.63) is 52.8 Å². The second kappa shape index (κ2) is 4.46. The molecule has 0 saturated heterocycles. The summed E-state index contributed by atoms with van der Waals surface area (Å²) in [5, 5.41) is 13.8. The Hall–Kier alpha value is -2.67. The molecule has 0 fully saturated rings. The van der Waals surface area contributed by atoms with E-state index in [1.165, 1.54) is 5.56 Å². The van der Waals surface area contributed by atoms with Crippen LogP contribution in [0.5, 0.6) is 0 Å². The van der Waals surface area contributed by atoms with E-state index < -0.39 is 0 Å². The van der Waals surface area contributed by atoms with Crippen LogP contribution in [0.25, 0.3) is 16.9 Å². The Morgan fingerprint density at radius 3 is 2.65 bits per heavy atom. The van der Waals surface area contributed by atoms with E-state index >= 15 is 0 Å². The fourth-order valence-electron chi connectivity index (χ4n) is 2.33. The van der Waals surface area contributed by atoms with Crippen molar-refractivity contribution in [3.8, 4) is 17.3 Å². The first-order valence-corrected chi connectivity index (χ1v) is 6.44. The summed E-state index contributed by atoms with van der Waals surface area (Å²) in [6.07, 6.45) is 0. The summed E-state index contributed by atoms with van der Waals surface area (Å²) in [7, 11) is 0. The monoisotopic (exact) mass is 262 g/mol. The van der Waals surface area contributed by atoms with Crippen molar-refractivity contribution in [2.24, 2.45) is 0 Å². The summed E-state index contributed by atoms with van der Waals surface area (Å²) in [6.45, 7) is 5.94. The lowest BCUT2D eigenvalue weighted by Gasteiger charge is -2.07. The van der Waals surface area contributed by atoms with Crippen molar-refractivity contribution < 1.29 is 0 Å². The van der Waals surface area contributed by atoms with Crippen LogP contribution in [0.4, 0.5) is 0 Å². The second-order valence-corrected chi connectivity index (χ2v) is 4.96. The van der Waals surface area contributed by atoms with Gasteiger partial charge in [0.05, 0.1) is 11.4 Å². The van der Waals surface area contributed by atoms with Crippen molar-refractivity contribution in [1.82, 2.24) is 14.6 Å². The molecule has 0 unspecified atom stereocenters. The molecule has 1 aromatic carbocycles. The summed E-state index contributed by atoms with van der Waals surface area (Å²) < 4.78 is 1.62. The molecule has 0 aliphatic heterocycles. The highest BCUT2D eigenvalue weighted by Gasteiger charge is 2.11. The Morgan fingerprint density at radius 2 is 1.90 bits per heavy atom. The first-order chi connectivity index (χ1) is 9.60. The maximum Gasteiger partial charge on any atom is 0.165 e. The lowest BCUT2D eigenvalue weighted by molar-refractivity contribution is 0.923. The normalized spacial score (nSPS) is 10.7. The van der Waals surface area contributed by atoms with Crippen LogP contribution in [0.3, 0.4) is 0 Å². The Kier molecular flexibility index (Phi) is 2.76. The highest BCUT2D eigenvalue weighted by Crippen LogP contribution is 2.23. The van der Waals surface area contributed by atoms with Crippen LogP contribution < -0.4 is 0 Å². The van der Waals surface area contributed by atoms with Crippen LogP contribution in [0.15, 0.2) is 30.3 Å². The lowest BCUT2D eigenvalue weighted by Crippen LogP contribution is -1.98. The first kappa shape index (κ1) is 12.4. The van der Waals surface area contributed by atoms with Crippen molar-refractivity contribution in [3.63, 3.8) is 0 Å². The number of imidazole rings is 1. The van der Waals surface area contributed by atoms with Gasteiger partial charge < -0.3 is 0 Å². The molecule has 0 aliphatic carbocycles. The summed E-state index contributed by atoms with van der Waals surface area (Å²) in [5.41, 5.74) is 6.20. The number of fused-ring (bicyclic) bond motifs is 1. The molecule has 20 heavy (non-hydrogen) atoms. The summed E-state index contributed by atoms with van der Waals surface area (Å²) in [4.78, 5) is 4.34.